The van der Waals surface area contributed by atoms with Gasteiger partial charge in [-0.15, -0.1) is 0 Å². The lowest BCUT2D eigenvalue weighted by molar-refractivity contribution is -0.117. The first kappa shape index (κ1) is 24.2. The van der Waals surface area contributed by atoms with Crippen molar-refractivity contribution in [3.05, 3.63) is 120 Å². The second kappa shape index (κ2) is 12.0. The van der Waals surface area contributed by atoms with E-state index in [1.54, 1.807) is 0 Å². The van der Waals surface area contributed by atoms with Crippen molar-refractivity contribution in [1.29, 1.82) is 0 Å². The van der Waals surface area contributed by atoms with Crippen molar-refractivity contribution in [2.24, 2.45) is 0 Å². The molecule has 2 unspecified atom stereocenters. The van der Waals surface area contributed by atoms with Crippen LogP contribution in [0.15, 0.2) is 109 Å². The highest BCUT2D eigenvalue weighted by molar-refractivity contribution is 9.10. The number of hydrogen-bond donors (Lipinski definition) is 0. The molecule has 0 saturated heterocycles. The molecule has 4 aromatic carbocycles. The number of ketones is 1. The molecule has 0 amide bonds. The van der Waals surface area contributed by atoms with E-state index in [-0.39, 0.29) is 15.4 Å². The fraction of sp³-hybridized carbons (Fsp3) is 0.138. The summed E-state index contributed by atoms with van der Waals surface area (Å²) >= 11 is 7.17. The summed E-state index contributed by atoms with van der Waals surface area (Å²) in [5.74, 6) is 3.25. The maximum absolute atomic E-state index is 12.9. The van der Waals surface area contributed by atoms with Gasteiger partial charge in [0.05, 0.1) is 9.65 Å². The zero-order chi connectivity index (χ0) is 23.8. The highest BCUT2D eigenvalue weighted by Crippen LogP contribution is 2.25. The number of carbonyl (C=O) groups excluding carboxylic acids is 1. The zero-order valence-corrected chi connectivity index (χ0v) is 21.6. The number of benzene rings is 4. The van der Waals surface area contributed by atoms with Crippen LogP contribution in [0.3, 0.4) is 0 Å². The molecular weight excluding hydrogens is 556 g/mol. The fourth-order valence-corrected chi connectivity index (χ4v) is 5.19. The van der Waals surface area contributed by atoms with Gasteiger partial charge in [0.1, 0.15) is 23.0 Å². The predicted molar refractivity (Wildman–Crippen MR) is 144 cm³/mol. The van der Waals surface area contributed by atoms with Crippen LogP contribution < -0.4 is 9.47 Å². The molecule has 0 aromatic heterocycles. The van der Waals surface area contributed by atoms with Gasteiger partial charge in [0.2, 0.25) is 0 Å². The Morgan fingerprint density at radius 1 is 0.529 bits per heavy atom. The van der Waals surface area contributed by atoms with Crippen molar-refractivity contribution < 1.29 is 14.3 Å². The number of hydrogen-bond acceptors (Lipinski definition) is 3. The molecule has 0 aliphatic heterocycles. The number of Topliss-reactive ketones (excluding diaryl/α,β-unsaturated/α-hetero) is 1. The molecule has 0 bridgehead atoms. The highest BCUT2D eigenvalue weighted by Gasteiger charge is 2.23. The van der Waals surface area contributed by atoms with Crippen LogP contribution in [-0.2, 0) is 17.6 Å². The van der Waals surface area contributed by atoms with Crippen LogP contribution >= 0.6 is 31.9 Å². The first-order chi connectivity index (χ1) is 16.6. The van der Waals surface area contributed by atoms with E-state index in [1.165, 1.54) is 0 Å². The van der Waals surface area contributed by atoms with E-state index in [4.69, 9.17) is 9.47 Å². The number of carbonyl (C=O) groups is 1. The second-order valence-corrected chi connectivity index (χ2v) is 10.1. The van der Waals surface area contributed by atoms with Crippen molar-refractivity contribution >= 4 is 37.6 Å². The minimum absolute atomic E-state index is 0.120. The highest BCUT2D eigenvalue weighted by atomic mass is 79.9. The van der Waals surface area contributed by atoms with Gasteiger partial charge in [-0.3, -0.25) is 4.79 Å². The predicted octanol–water partition coefficient (Wildman–Crippen LogP) is 8.15. The molecule has 0 N–H and O–H groups in total. The third-order valence-corrected chi connectivity index (χ3v) is 6.80. The molecule has 0 heterocycles. The number of ether oxygens (including phenoxy) is 2. The van der Waals surface area contributed by atoms with Gasteiger partial charge in [0, 0.05) is 0 Å². The average Bonchev–Trinajstić information content (AvgIpc) is 2.87. The monoisotopic (exact) mass is 578 g/mol. The Labute approximate surface area is 217 Å². The standard InChI is InChI=1S/C29H24Br2O3/c30-27(19-21-11-15-25(16-12-21)33-23-7-3-1-4-8-23)29(32)28(31)20-22-13-17-26(18-14-22)34-24-9-5-2-6-10-24/h1-18,27-28H,19-20H2. The summed E-state index contributed by atoms with van der Waals surface area (Å²) in [7, 11) is 0. The van der Waals surface area contributed by atoms with Crippen molar-refractivity contribution in [2.75, 3.05) is 0 Å². The van der Waals surface area contributed by atoms with Gasteiger partial charge >= 0.3 is 0 Å². The van der Waals surface area contributed by atoms with E-state index in [0.717, 1.165) is 34.1 Å². The summed E-state index contributed by atoms with van der Waals surface area (Å²) in [6, 6.07) is 35.0. The lowest BCUT2D eigenvalue weighted by Crippen LogP contribution is -2.27. The summed E-state index contributed by atoms with van der Waals surface area (Å²) in [6.07, 6.45) is 1.22. The van der Waals surface area contributed by atoms with E-state index in [1.807, 2.05) is 109 Å². The van der Waals surface area contributed by atoms with E-state index in [9.17, 15) is 4.79 Å². The number of halogens is 2. The largest absolute Gasteiger partial charge is 0.457 e. The van der Waals surface area contributed by atoms with Crippen molar-refractivity contribution in [2.45, 2.75) is 22.5 Å². The molecule has 0 radical (unpaired) electrons. The van der Waals surface area contributed by atoms with Crippen LogP contribution in [-0.4, -0.2) is 15.4 Å². The van der Waals surface area contributed by atoms with Crippen LogP contribution in [0.25, 0.3) is 0 Å². The Morgan fingerprint density at radius 2 is 0.853 bits per heavy atom. The van der Waals surface area contributed by atoms with Crippen molar-refractivity contribution in [3.8, 4) is 23.0 Å². The molecule has 0 spiro atoms. The molecule has 172 valence electrons. The van der Waals surface area contributed by atoms with Gasteiger partial charge < -0.3 is 9.47 Å². The Morgan fingerprint density at radius 3 is 1.21 bits per heavy atom. The van der Waals surface area contributed by atoms with Crippen LogP contribution in [0.4, 0.5) is 0 Å². The molecule has 0 aliphatic carbocycles. The third kappa shape index (κ3) is 7.05. The summed E-state index contributed by atoms with van der Waals surface area (Å²) in [4.78, 5) is 12.4. The maximum atomic E-state index is 12.9. The molecule has 0 aliphatic rings. The zero-order valence-electron chi connectivity index (χ0n) is 18.4. The van der Waals surface area contributed by atoms with Gasteiger partial charge in [-0.2, -0.15) is 0 Å². The molecular formula is C29H24Br2O3. The van der Waals surface area contributed by atoms with Crippen LogP contribution in [0.2, 0.25) is 0 Å². The minimum atomic E-state index is -0.279. The van der Waals surface area contributed by atoms with Crippen LogP contribution in [0, 0.1) is 0 Å². The Kier molecular flexibility index (Phi) is 8.56. The Bertz CT molecular complexity index is 1080. The molecule has 0 saturated carbocycles. The fourth-order valence-electron chi connectivity index (χ4n) is 3.45. The number of alkyl halides is 2. The lowest BCUT2D eigenvalue weighted by atomic mass is 10.0. The smallest absolute Gasteiger partial charge is 0.160 e. The van der Waals surface area contributed by atoms with Crippen molar-refractivity contribution in [3.63, 3.8) is 0 Å². The van der Waals surface area contributed by atoms with Crippen LogP contribution in [0.1, 0.15) is 11.1 Å². The van der Waals surface area contributed by atoms with E-state index >= 15 is 0 Å². The topological polar surface area (TPSA) is 35.5 Å². The van der Waals surface area contributed by atoms with E-state index in [2.05, 4.69) is 31.9 Å². The summed E-state index contributed by atoms with van der Waals surface area (Å²) < 4.78 is 11.7. The number of rotatable bonds is 10. The summed E-state index contributed by atoms with van der Waals surface area (Å²) in [6.45, 7) is 0. The van der Waals surface area contributed by atoms with Gasteiger partial charge in [-0.25, -0.2) is 0 Å². The molecule has 5 heteroatoms. The molecule has 4 aromatic rings. The summed E-state index contributed by atoms with van der Waals surface area (Å²) in [5.41, 5.74) is 2.13. The number of para-hydroxylation sites is 2. The molecule has 3 nitrogen and oxygen atoms in total. The second-order valence-electron chi connectivity index (χ2n) is 7.86. The van der Waals surface area contributed by atoms with Gasteiger partial charge in [-0.05, 0) is 72.5 Å². The normalized spacial score (nSPS) is 12.5. The van der Waals surface area contributed by atoms with Crippen LogP contribution in [0.5, 0.6) is 23.0 Å². The third-order valence-electron chi connectivity index (χ3n) is 5.25. The van der Waals surface area contributed by atoms with E-state index < -0.39 is 0 Å². The molecule has 2 atom stereocenters. The van der Waals surface area contributed by atoms with Gasteiger partial charge in [0.15, 0.2) is 5.78 Å². The quantitative estimate of drug-likeness (QED) is 0.178. The average molecular weight is 580 g/mol. The maximum Gasteiger partial charge on any atom is 0.160 e. The molecule has 0 fully saturated rings. The Balaban J connectivity index is 1.28. The molecule has 4 rings (SSSR count). The van der Waals surface area contributed by atoms with E-state index in [0.29, 0.717) is 12.8 Å². The SMILES string of the molecule is O=C(C(Br)Cc1ccc(Oc2ccccc2)cc1)C(Br)Cc1ccc(Oc2ccccc2)cc1. The lowest BCUT2D eigenvalue weighted by Gasteiger charge is -2.15. The van der Waals surface area contributed by atoms with Crippen molar-refractivity contribution in [1.82, 2.24) is 0 Å². The first-order valence-electron chi connectivity index (χ1n) is 11.0. The molecule has 34 heavy (non-hydrogen) atoms. The van der Waals surface area contributed by atoms with Gasteiger partial charge in [-0.1, -0.05) is 92.5 Å². The minimum Gasteiger partial charge on any atom is -0.457 e. The first-order valence-corrected chi connectivity index (χ1v) is 12.9. The summed E-state index contributed by atoms with van der Waals surface area (Å²) in [5, 5.41) is 0. The van der Waals surface area contributed by atoms with Gasteiger partial charge in [0.25, 0.3) is 0 Å². The Hall–Kier alpha value is -2.89.